The SMILES string of the molecule is CCC(C)C(=O)C1=C(Cl)BC(Br)=C1. The van der Waals surface area contributed by atoms with Gasteiger partial charge in [0.1, 0.15) is 0 Å². The molecule has 0 aliphatic carbocycles. The molecule has 0 amide bonds. The number of Topliss-reactive ketones (excluding diaryl/α,β-unsaturated/α-hetero) is 1. The lowest BCUT2D eigenvalue weighted by Crippen LogP contribution is -2.11. The zero-order valence-electron chi connectivity index (χ0n) is 7.73. The molecule has 0 radical (unpaired) electrons. The second kappa shape index (κ2) is 4.47. The predicted octanol–water partition coefficient (Wildman–Crippen LogP) is 2.74. The van der Waals surface area contributed by atoms with Gasteiger partial charge in [-0.2, -0.15) is 0 Å². The van der Waals surface area contributed by atoms with Crippen LogP contribution in [0, 0.1) is 5.92 Å². The van der Waals surface area contributed by atoms with Gasteiger partial charge in [0, 0.05) is 11.5 Å². The van der Waals surface area contributed by atoms with Gasteiger partial charge in [0.15, 0.2) is 5.78 Å². The van der Waals surface area contributed by atoms with Crippen LogP contribution in [0.4, 0.5) is 0 Å². The summed E-state index contributed by atoms with van der Waals surface area (Å²) in [5.74, 6) is 0.223. The van der Waals surface area contributed by atoms with E-state index in [0.717, 1.165) is 10.8 Å². The normalized spacial score (nSPS) is 18.3. The minimum absolute atomic E-state index is 0.0680. The molecule has 0 aromatic rings. The van der Waals surface area contributed by atoms with Crippen molar-refractivity contribution in [2.75, 3.05) is 0 Å². The molecule has 1 atom stereocenters. The molecular weight excluding hydrogens is 250 g/mol. The maximum Gasteiger partial charge on any atom is 0.217 e. The lowest BCUT2D eigenvalue weighted by Gasteiger charge is -2.07. The number of rotatable bonds is 3. The number of carbonyl (C=O) groups is 1. The number of halogens is 2. The smallest absolute Gasteiger partial charge is 0.217 e. The van der Waals surface area contributed by atoms with E-state index >= 15 is 0 Å². The lowest BCUT2D eigenvalue weighted by molar-refractivity contribution is -0.118. The molecule has 0 saturated carbocycles. The fourth-order valence-electron chi connectivity index (χ4n) is 1.19. The van der Waals surface area contributed by atoms with Crippen molar-refractivity contribution in [3.63, 3.8) is 0 Å². The van der Waals surface area contributed by atoms with Crippen LogP contribution in [0.5, 0.6) is 0 Å². The van der Waals surface area contributed by atoms with Gasteiger partial charge in [-0.05, 0) is 21.8 Å². The van der Waals surface area contributed by atoms with Crippen molar-refractivity contribution in [3.8, 4) is 0 Å². The minimum Gasteiger partial charge on any atom is -0.294 e. The first-order chi connectivity index (χ1) is 6.06. The molecule has 0 aromatic heterocycles. The van der Waals surface area contributed by atoms with Gasteiger partial charge in [0.25, 0.3) is 0 Å². The molecule has 4 heteroatoms. The van der Waals surface area contributed by atoms with Crippen molar-refractivity contribution in [1.29, 1.82) is 0 Å². The van der Waals surface area contributed by atoms with Crippen LogP contribution in [0.25, 0.3) is 0 Å². The van der Waals surface area contributed by atoms with Crippen molar-refractivity contribution < 1.29 is 4.79 Å². The molecule has 1 aliphatic rings. The third-order valence-electron chi connectivity index (χ3n) is 2.24. The van der Waals surface area contributed by atoms with Gasteiger partial charge in [-0.3, -0.25) is 4.79 Å². The summed E-state index contributed by atoms with van der Waals surface area (Å²) in [5, 5.41) is 0. The van der Waals surface area contributed by atoms with Gasteiger partial charge in [-0.15, -0.1) is 0 Å². The Bertz CT molecular complexity index is 296. The molecule has 1 heterocycles. The Morgan fingerprint density at radius 1 is 1.77 bits per heavy atom. The molecule has 0 spiro atoms. The van der Waals surface area contributed by atoms with Gasteiger partial charge in [-0.1, -0.05) is 41.4 Å². The zero-order valence-corrected chi connectivity index (χ0v) is 10.1. The Labute approximate surface area is 92.6 Å². The topological polar surface area (TPSA) is 17.1 Å². The van der Waals surface area contributed by atoms with Crippen LogP contribution < -0.4 is 0 Å². The fraction of sp³-hybridized carbons (Fsp3) is 0.444. The highest BCUT2D eigenvalue weighted by molar-refractivity contribution is 9.12. The first kappa shape index (κ1) is 11.1. The molecule has 0 bridgehead atoms. The maximum absolute atomic E-state index is 11.7. The van der Waals surface area contributed by atoms with Crippen LogP contribution >= 0.6 is 27.5 Å². The molecule has 0 fully saturated rings. The molecular formula is C9H11BBrClO. The quantitative estimate of drug-likeness (QED) is 0.714. The van der Waals surface area contributed by atoms with E-state index in [0.29, 0.717) is 17.8 Å². The first-order valence-electron chi connectivity index (χ1n) is 4.35. The standard InChI is InChI=1S/C9H11BBrClO/c1-3-5(2)8(13)6-4-7(11)10-9(6)12/h4-5,10H,3H2,1-2H3. The van der Waals surface area contributed by atoms with Gasteiger partial charge in [0.05, 0.1) is 0 Å². The Kier molecular flexibility index (Phi) is 3.80. The molecule has 1 nitrogen and oxygen atoms in total. The number of allylic oxidation sites excluding steroid dienone is 2. The van der Waals surface area contributed by atoms with Gasteiger partial charge >= 0.3 is 0 Å². The average Bonchev–Trinajstić information content (AvgIpc) is 2.42. The van der Waals surface area contributed by atoms with E-state index in [4.69, 9.17) is 11.6 Å². The predicted molar refractivity (Wildman–Crippen MR) is 61.5 cm³/mol. The van der Waals surface area contributed by atoms with Crippen molar-refractivity contribution in [2.24, 2.45) is 5.92 Å². The van der Waals surface area contributed by atoms with E-state index in [-0.39, 0.29) is 11.7 Å². The van der Waals surface area contributed by atoms with Crippen LogP contribution in [0.3, 0.4) is 0 Å². The van der Waals surface area contributed by atoms with E-state index in [2.05, 4.69) is 15.9 Å². The van der Waals surface area contributed by atoms with E-state index in [1.807, 2.05) is 19.9 Å². The Morgan fingerprint density at radius 2 is 2.38 bits per heavy atom. The molecule has 1 aliphatic heterocycles. The molecule has 70 valence electrons. The summed E-state index contributed by atoms with van der Waals surface area (Å²) in [4.78, 5) is 12.4. The van der Waals surface area contributed by atoms with Crippen molar-refractivity contribution in [3.05, 3.63) is 21.0 Å². The van der Waals surface area contributed by atoms with Crippen LogP contribution in [0.15, 0.2) is 21.0 Å². The molecule has 0 N–H and O–H groups in total. The Morgan fingerprint density at radius 3 is 2.77 bits per heavy atom. The van der Waals surface area contributed by atoms with Crippen molar-refractivity contribution >= 4 is 40.6 Å². The zero-order chi connectivity index (χ0) is 10.0. The minimum atomic E-state index is 0.0680. The summed E-state index contributed by atoms with van der Waals surface area (Å²) in [5.41, 5.74) is 0.683. The van der Waals surface area contributed by atoms with E-state index < -0.39 is 0 Å². The maximum atomic E-state index is 11.7. The van der Waals surface area contributed by atoms with E-state index in [9.17, 15) is 4.79 Å². The lowest BCUT2D eigenvalue weighted by atomic mass is 9.80. The third-order valence-corrected chi connectivity index (χ3v) is 3.09. The molecule has 1 unspecified atom stereocenters. The Hall–Kier alpha value is -0.0151. The highest BCUT2D eigenvalue weighted by atomic mass is 79.9. The van der Waals surface area contributed by atoms with Gasteiger partial charge in [-0.25, -0.2) is 0 Å². The Balaban J connectivity index is 2.83. The summed E-state index contributed by atoms with van der Waals surface area (Å²) < 4.78 is 0.990. The number of carbonyl (C=O) groups excluding carboxylic acids is 1. The molecule has 13 heavy (non-hydrogen) atoms. The van der Waals surface area contributed by atoms with Crippen LogP contribution in [-0.2, 0) is 4.79 Å². The van der Waals surface area contributed by atoms with Crippen LogP contribution in [0.2, 0.25) is 0 Å². The molecule has 0 saturated heterocycles. The first-order valence-corrected chi connectivity index (χ1v) is 5.52. The molecule has 0 aromatic carbocycles. The monoisotopic (exact) mass is 260 g/mol. The summed E-state index contributed by atoms with van der Waals surface area (Å²) in [7, 11) is 0.666. The number of ketones is 1. The second-order valence-electron chi connectivity index (χ2n) is 3.26. The number of hydrogen-bond acceptors (Lipinski definition) is 1. The van der Waals surface area contributed by atoms with Gasteiger partial charge in [0.2, 0.25) is 7.28 Å². The summed E-state index contributed by atoms with van der Waals surface area (Å²) in [6.07, 6.45) is 2.69. The highest BCUT2D eigenvalue weighted by Crippen LogP contribution is 2.27. The second-order valence-corrected chi connectivity index (χ2v) is 4.73. The van der Waals surface area contributed by atoms with E-state index in [1.165, 1.54) is 0 Å². The number of hydrogen-bond donors (Lipinski definition) is 0. The third kappa shape index (κ3) is 2.47. The largest absolute Gasteiger partial charge is 0.294 e. The summed E-state index contributed by atoms with van der Waals surface area (Å²) in [6.45, 7) is 3.93. The van der Waals surface area contributed by atoms with Crippen molar-refractivity contribution in [2.45, 2.75) is 20.3 Å². The summed E-state index contributed by atoms with van der Waals surface area (Å²) >= 11 is 9.29. The fourth-order valence-corrected chi connectivity index (χ4v) is 2.15. The highest BCUT2D eigenvalue weighted by Gasteiger charge is 2.22. The summed E-state index contributed by atoms with van der Waals surface area (Å²) in [6, 6.07) is 0. The molecule has 1 rings (SSSR count). The van der Waals surface area contributed by atoms with E-state index in [1.54, 1.807) is 0 Å². The van der Waals surface area contributed by atoms with Gasteiger partial charge < -0.3 is 0 Å². The average molecular weight is 261 g/mol. The van der Waals surface area contributed by atoms with Crippen molar-refractivity contribution in [1.82, 2.24) is 0 Å². The van der Waals surface area contributed by atoms with Crippen LogP contribution in [0.1, 0.15) is 20.3 Å². The van der Waals surface area contributed by atoms with Crippen LogP contribution in [-0.4, -0.2) is 13.1 Å².